The van der Waals surface area contributed by atoms with Crippen LogP contribution in [-0.4, -0.2) is 33.8 Å². The summed E-state index contributed by atoms with van der Waals surface area (Å²) in [5, 5.41) is 11.6. The van der Waals surface area contributed by atoms with Gasteiger partial charge in [-0.05, 0) is 31.9 Å². The number of benzene rings is 1. The maximum atomic E-state index is 13.0. The molecule has 2 heterocycles. The topological polar surface area (TPSA) is 88.3 Å². The minimum absolute atomic E-state index is 0.0844. The third kappa shape index (κ3) is 4.06. The number of nitrogens with zero attached hydrogens (tertiary/aromatic N) is 3. The van der Waals surface area contributed by atoms with E-state index >= 15 is 0 Å². The fraction of sp³-hybridized carbons (Fsp3) is 0.500. The van der Waals surface area contributed by atoms with Gasteiger partial charge in [-0.15, -0.1) is 10.2 Å². The summed E-state index contributed by atoms with van der Waals surface area (Å²) < 4.78 is 5.80. The largest absolute Gasteiger partial charge is 0.416 e. The van der Waals surface area contributed by atoms with Crippen molar-refractivity contribution in [3.63, 3.8) is 0 Å². The quantitative estimate of drug-likeness (QED) is 0.781. The average molecular weight is 401 g/mol. The second-order valence-corrected chi connectivity index (χ2v) is 8.34. The highest BCUT2D eigenvalue weighted by atomic mass is 32.2. The molecule has 28 heavy (non-hydrogen) atoms. The van der Waals surface area contributed by atoms with E-state index in [0.29, 0.717) is 22.7 Å². The van der Waals surface area contributed by atoms with E-state index in [1.165, 1.54) is 31.0 Å². The highest BCUT2D eigenvalue weighted by molar-refractivity contribution is 7.99. The standard InChI is InChI=1S/C20H24N4O3S/c1-13-11-17(25)21-15-9-5-6-10-16(15)24(13)18(26)12-28-20-23-22-19(27-20)14-7-3-2-4-8-14/h5-6,9-10,13-14H,2-4,7-8,11-12H2,1H3,(H,21,25)/t13-/m0/s1. The molecule has 0 spiro atoms. The van der Waals surface area contributed by atoms with Gasteiger partial charge in [-0.1, -0.05) is 43.2 Å². The van der Waals surface area contributed by atoms with E-state index in [1.807, 2.05) is 31.2 Å². The summed E-state index contributed by atoms with van der Waals surface area (Å²) in [5.74, 6) is 1.05. The number of hydrogen-bond donors (Lipinski definition) is 1. The summed E-state index contributed by atoms with van der Waals surface area (Å²) in [6.45, 7) is 1.89. The van der Waals surface area contributed by atoms with E-state index in [-0.39, 0.29) is 30.0 Å². The molecule has 0 unspecified atom stereocenters. The van der Waals surface area contributed by atoms with E-state index in [0.717, 1.165) is 18.5 Å². The predicted molar refractivity (Wildman–Crippen MR) is 107 cm³/mol. The SMILES string of the molecule is C[C@H]1CC(=O)Nc2ccccc2N1C(=O)CSc1nnc(C2CCCCC2)o1. The summed E-state index contributed by atoms with van der Waals surface area (Å²) in [6.07, 6.45) is 6.12. The molecule has 1 atom stereocenters. The van der Waals surface area contributed by atoms with Crippen molar-refractivity contribution >= 4 is 35.0 Å². The van der Waals surface area contributed by atoms with Gasteiger partial charge < -0.3 is 14.6 Å². The summed E-state index contributed by atoms with van der Waals surface area (Å²) in [4.78, 5) is 26.8. The lowest BCUT2D eigenvalue weighted by Crippen LogP contribution is -2.40. The Labute approximate surface area is 168 Å². The van der Waals surface area contributed by atoms with Gasteiger partial charge in [0.15, 0.2) is 0 Å². The number of nitrogens with one attached hydrogen (secondary N) is 1. The normalized spacial score (nSPS) is 20.4. The van der Waals surface area contributed by atoms with Crippen molar-refractivity contribution in [2.45, 2.75) is 62.6 Å². The maximum absolute atomic E-state index is 13.0. The van der Waals surface area contributed by atoms with E-state index in [9.17, 15) is 9.59 Å². The lowest BCUT2D eigenvalue weighted by molar-refractivity contribution is -0.117. The Bertz CT molecular complexity index is 863. The Balaban J connectivity index is 1.45. The van der Waals surface area contributed by atoms with Crippen molar-refractivity contribution in [3.05, 3.63) is 30.2 Å². The number of carbonyl (C=O) groups is 2. The average Bonchev–Trinajstić information content (AvgIpc) is 3.12. The van der Waals surface area contributed by atoms with E-state index in [2.05, 4.69) is 15.5 Å². The number of thioether (sulfide) groups is 1. The predicted octanol–water partition coefficient (Wildman–Crippen LogP) is 3.97. The van der Waals surface area contributed by atoms with E-state index in [1.54, 1.807) is 4.90 Å². The molecule has 2 aromatic rings. The lowest BCUT2D eigenvalue weighted by Gasteiger charge is -2.27. The van der Waals surface area contributed by atoms with Crippen LogP contribution in [0.25, 0.3) is 0 Å². The van der Waals surface area contributed by atoms with Gasteiger partial charge in [0.2, 0.25) is 17.7 Å². The van der Waals surface area contributed by atoms with Crippen molar-refractivity contribution in [2.75, 3.05) is 16.0 Å². The molecule has 1 aromatic carbocycles. The molecule has 148 valence electrons. The van der Waals surface area contributed by atoms with E-state index < -0.39 is 0 Å². The fourth-order valence-electron chi connectivity index (χ4n) is 3.95. The first-order valence-electron chi connectivity index (χ1n) is 9.79. The van der Waals surface area contributed by atoms with Crippen molar-refractivity contribution in [1.29, 1.82) is 0 Å². The van der Waals surface area contributed by atoms with Crippen molar-refractivity contribution in [2.24, 2.45) is 0 Å². The van der Waals surface area contributed by atoms with Gasteiger partial charge in [0, 0.05) is 18.4 Å². The number of fused-ring (bicyclic) bond motifs is 1. The number of rotatable bonds is 4. The van der Waals surface area contributed by atoms with Gasteiger partial charge >= 0.3 is 0 Å². The maximum Gasteiger partial charge on any atom is 0.277 e. The summed E-state index contributed by atoms with van der Waals surface area (Å²) in [5.41, 5.74) is 1.38. The molecule has 2 aliphatic rings. The number of aromatic nitrogens is 2. The zero-order chi connectivity index (χ0) is 19.5. The van der Waals surface area contributed by atoms with Crippen LogP contribution < -0.4 is 10.2 Å². The Hall–Kier alpha value is -2.35. The van der Waals surface area contributed by atoms with Gasteiger partial charge in [0.25, 0.3) is 5.22 Å². The fourth-order valence-corrected chi connectivity index (χ4v) is 4.58. The minimum atomic E-state index is -0.225. The van der Waals surface area contributed by atoms with Crippen LogP contribution in [0.3, 0.4) is 0 Å². The molecule has 1 saturated carbocycles. The number of carbonyl (C=O) groups excluding carboxylic acids is 2. The summed E-state index contributed by atoms with van der Waals surface area (Å²) in [6, 6.07) is 7.15. The minimum Gasteiger partial charge on any atom is -0.416 e. The molecule has 0 radical (unpaired) electrons. The Morgan fingerprint density at radius 2 is 2.04 bits per heavy atom. The molecule has 2 amide bonds. The summed E-state index contributed by atoms with van der Waals surface area (Å²) >= 11 is 1.25. The molecule has 0 bridgehead atoms. The molecule has 8 heteroatoms. The number of para-hydroxylation sites is 2. The van der Waals surface area contributed by atoms with Crippen molar-refractivity contribution < 1.29 is 14.0 Å². The van der Waals surface area contributed by atoms with Gasteiger partial charge in [-0.25, -0.2) is 0 Å². The highest BCUT2D eigenvalue weighted by Gasteiger charge is 2.30. The summed E-state index contributed by atoms with van der Waals surface area (Å²) in [7, 11) is 0. The monoisotopic (exact) mass is 400 g/mol. The number of hydrogen-bond acceptors (Lipinski definition) is 6. The van der Waals surface area contributed by atoms with Crippen LogP contribution >= 0.6 is 11.8 Å². The highest BCUT2D eigenvalue weighted by Crippen LogP contribution is 2.34. The van der Waals surface area contributed by atoms with Crippen LogP contribution in [0.15, 0.2) is 33.9 Å². The Morgan fingerprint density at radius 1 is 1.25 bits per heavy atom. The molecule has 1 aliphatic heterocycles. The number of anilines is 2. The van der Waals surface area contributed by atoms with Gasteiger partial charge in [0.1, 0.15) is 0 Å². The molecule has 1 N–H and O–H groups in total. The molecule has 7 nitrogen and oxygen atoms in total. The smallest absolute Gasteiger partial charge is 0.277 e. The molecular formula is C20H24N4O3S. The molecule has 1 fully saturated rings. The van der Waals surface area contributed by atoms with Gasteiger partial charge in [0.05, 0.1) is 17.1 Å². The van der Waals surface area contributed by atoms with Crippen molar-refractivity contribution in [3.8, 4) is 0 Å². The van der Waals surface area contributed by atoms with Crippen LogP contribution in [0.4, 0.5) is 11.4 Å². The molecule has 0 saturated heterocycles. The van der Waals surface area contributed by atoms with Crippen LogP contribution in [0.2, 0.25) is 0 Å². The van der Waals surface area contributed by atoms with Gasteiger partial charge in [-0.2, -0.15) is 0 Å². The van der Waals surface area contributed by atoms with Crippen LogP contribution in [-0.2, 0) is 9.59 Å². The van der Waals surface area contributed by atoms with Crippen LogP contribution in [0.5, 0.6) is 0 Å². The number of amides is 2. The Kier molecular flexibility index (Phi) is 5.66. The second kappa shape index (κ2) is 8.34. The van der Waals surface area contributed by atoms with Crippen molar-refractivity contribution in [1.82, 2.24) is 10.2 Å². The first-order chi connectivity index (χ1) is 13.6. The molecular weight excluding hydrogens is 376 g/mol. The molecule has 4 rings (SSSR count). The third-order valence-electron chi connectivity index (χ3n) is 5.32. The molecule has 1 aromatic heterocycles. The lowest BCUT2D eigenvalue weighted by atomic mass is 9.89. The second-order valence-electron chi connectivity index (χ2n) is 7.41. The third-order valence-corrected chi connectivity index (χ3v) is 6.13. The zero-order valence-electron chi connectivity index (χ0n) is 15.9. The van der Waals surface area contributed by atoms with Gasteiger partial charge in [-0.3, -0.25) is 9.59 Å². The van der Waals surface area contributed by atoms with Crippen LogP contribution in [0.1, 0.15) is 57.3 Å². The zero-order valence-corrected chi connectivity index (χ0v) is 16.7. The Morgan fingerprint density at radius 3 is 2.86 bits per heavy atom. The van der Waals surface area contributed by atoms with Crippen LogP contribution in [0, 0.1) is 0 Å². The molecule has 1 aliphatic carbocycles. The first kappa shape index (κ1) is 19.0. The first-order valence-corrected chi connectivity index (χ1v) is 10.8. The van der Waals surface area contributed by atoms with E-state index in [4.69, 9.17) is 4.42 Å².